The minimum atomic E-state index is -4.25. The Morgan fingerprint density at radius 2 is 1.85 bits per heavy atom. The van der Waals surface area contributed by atoms with E-state index in [0.29, 0.717) is 3.57 Å². The first-order chi connectivity index (χ1) is 9.17. The number of carboxylic acids is 1. The normalized spacial score (nSPS) is 13.1. The molecule has 110 valence electrons. The molecule has 1 aromatic carbocycles. The molecule has 0 heterocycles. The standard InChI is InChI=1S/C13H13F2IO4/c1-7(2)10(13(14,15)12(18)19)20-11(17)8-5-3-4-6-9(8)16/h3-7,10H,1-2H3,(H,18,19)/p-1. The Kier molecular flexibility index (Phi) is 5.43. The lowest BCUT2D eigenvalue weighted by atomic mass is 10.0. The van der Waals surface area contributed by atoms with Gasteiger partial charge < -0.3 is 14.6 Å². The van der Waals surface area contributed by atoms with Gasteiger partial charge in [-0.25, -0.2) is 4.79 Å². The molecule has 0 spiro atoms. The fraction of sp³-hybridized carbons (Fsp3) is 0.385. The van der Waals surface area contributed by atoms with Crippen molar-refractivity contribution >= 4 is 34.5 Å². The summed E-state index contributed by atoms with van der Waals surface area (Å²) < 4.78 is 32.2. The second-order valence-electron chi connectivity index (χ2n) is 4.46. The molecule has 0 fully saturated rings. The van der Waals surface area contributed by atoms with E-state index < -0.39 is 29.9 Å². The Hall–Kier alpha value is -1.25. The van der Waals surface area contributed by atoms with Gasteiger partial charge in [0.1, 0.15) is 5.97 Å². The number of ether oxygens (including phenoxy) is 1. The highest BCUT2D eigenvalue weighted by molar-refractivity contribution is 14.1. The highest BCUT2D eigenvalue weighted by Gasteiger charge is 2.46. The number of hydrogen-bond acceptors (Lipinski definition) is 4. The van der Waals surface area contributed by atoms with Crippen LogP contribution in [0.5, 0.6) is 0 Å². The molecular formula is C13H12F2IO4-. The van der Waals surface area contributed by atoms with E-state index in [1.54, 1.807) is 18.2 Å². The number of carboxylic acid groups (broad SMARTS) is 1. The number of halogens is 3. The summed E-state index contributed by atoms with van der Waals surface area (Å²) in [4.78, 5) is 22.4. The SMILES string of the molecule is CC(C)C(OC(=O)c1ccccc1I)C(F)(F)C(=O)[O-]. The van der Waals surface area contributed by atoms with E-state index in [-0.39, 0.29) is 5.56 Å². The first kappa shape index (κ1) is 16.8. The maximum absolute atomic E-state index is 13.5. The van der Waals surface area contributed by atoms with Crippen molar-refractivity contribution in [2.45, 2.75) is 25.9 Å². The van der Waals surface area contributed by atoms with Crippen LogP contribution in [0.2, 0.25) is 0 Å². The van der Waals surface area contributed by atoms with Gasteiger partial charge in [0.15, 0.2) is 6.10 Å². The number of hydrogen-bond donors (Lipinski definition) is 0. The molecule has 0 N–H and O–H groups in total. The van der Waals surface area contributed by atoms with Crippen molar-refractivity contribution < 1.29 is 28.2 Å². The van der Waals surface area contributed by atoms with Crippen LogP contribution in [0.25, 0.3) is 0 Å². The molecule has 0 amide bonds. The average Bonchev–Trinajstić information content (AvgIpc) is 2.35. The van der Waals surface area contributed by atoms with E-state index in [4.69, 9.17) is 4.74 Å². The van der Waals surface area contributed by atoms with E-state index in [9.17, 15) is 23.5 Å². The van der Waals surface area contributed by atoms with Crippen LogP contribution < -0.4 is 5.11 Å². The van der Waals surface area contributed by atoms with Crippen molar-refractivity contribution in [3.8, 4) is 0 Å². The van der Waals surface area contributed by atoms with Crippen LogP contribution in [0.1, 0.15) is 24.2 Å². The van der Waals surface area contributed by atoms with Crippen molar-refractivity contribution in [1.29, 1.82) is 0 Å². The van der Waals surface area contributed by atoms with Gasteiger partial charge >= 0.3 is 11.9 Å². The van der Waals surface area contributed by atoms with Crippen molar-refractivity contribution in [2.75, 3.05) is 0 Å². The Morgan fingerprint density at radius 3 is 2.30 bits per heavy atom. The van der Waals surface area contributed by atoms with E-state index in [2.05, 4.69) is 0 Å². The summed E-state index contributed by atoms with van der Waals surface area (Å²) >= 11 is 1.86. The Bertz CT molecular complexity index is 517. The predicted molar refractivity (Wildman–Crippen MR) is 73.2 cm³/mol. The van der Waals surface area contributed by atoms with Crippen LogP contribution in [0, 0.1) is 9.49 Å². The molecule has 7 heteroatoms. The zero-order chi connectivity index (χ0) is 15.5. The zero-order valence-corrected chi connectivity index (χ0v) is 12.9. The smallest absolute Gasteiger partial charge is 0.339 e. The summed E-state index contributed by atoms with van der Waals surface area (Å²) in [5.74, 6) is -8.68. The first-order valence-corrected chi connectivity index (χ1v) is 6.80. The molecule has 0 aliphatic carbocycles. The molecular weight excluding hydrogens is 385 g/mol. The monoisotopic (exact) mass is 397 g/mol. The predicted octanol–water partition coefficient (Wildman–Crippen LogP) is 1.86. The lowest BCUT2D eigenvalue weighted by molar-refractivity contribution is -0.337. The molecule has 0 radical (unpaired) electrons. The van der Waals surface area contributed by atoms with Crippen molar-refractivity contribution in [3.05, 3.63) is 33.4 Å². The summed E-state index contributed by atoms with van der Waals surface area (Å²) in [6, 6.07) is 6.26. The van der Waals surface area contributed by atoms with Gasteiger partial charge in [-0.1, -0.05) is 26.0 Å². The summed E-state index contributed by atoms with van der Waals surface area (Å²) in [5, 5.41) is 10.5. The lowest BCUT2D eigenvalue weighted by Crippen LogP contribution is -2.53. The van der Waals surface area contributed by atoms with Gasteiger partial charge in [0, 0.05) is 3.57 Å². The van der Waals surface area contributed by atoms with Crippen LogP contribution in [0.3, 0.4) is 0 Å². The lowest BCUT2D eigenvalue weighted by Gasteiger charge is -2.30. The minimum absolute atomic E-state index is 0.105. The van der Waals surface area contributed by atoms with E-state index >= 15 is 0 Å². The maximum Gasteiger partial charge on any atom is 0.339 e. The third-order valence-electron chi connectivity index (χ3n) is 2.56. The van der Waals surface area contributed by atoms with E-state index in [1.165, 1.54) is 19.9 Å². The van der Waals surface area contributed by atoms with Gasteiger partial charge in [0.2, 0.25) is 0 Å². The zero-order valence-electron chi connectivity index (χ0n) is 10.7. The largest absolute Gasteiger partial charge is 0.544 e. The summed E-state index contributed by atoms with van der Waals surface area (Å²) in [7, 11) is 0. The van der Waals surface area contributed by atoms with Gasteiger partial charge in [-0.15, -0.1) is 0 Å². The number of benzene rings is 1. The Morgan fingerprint density at radius 1 is 1.30 bits per heavy atom. The van der Waals surface area contributed by atoms with E-state index in [1.807, 2.05) is 22.6 Å². The third kappa shape index (κ3) is 3.65. The number of carbonyl (C=O) groups is 2. The van der Waals surface area contributed by atoms with Crippen molar-refractivity contribution in [1.82, 2.24) is 0 Å². The molecule has 0 aromatic heterocycles. The molecule has 0 aliphatic rings. The number of rotatable bonds is 5. The number of esters is 1. The summed E-state index contributed by atoms with van der Waals surface area (Å²) in [6.07, 6.45) is -2.09. The Balaban J connectivity index is 3.01. The van der Waals surface area contributed by atoms with Crippen molar-refractivity contribution in [3.63, 3.8) is 0 Å². The average molecular weight is 397 g/mol. The van der Waals surface area contributed by atoms with Gasteiger partial charge in [-0.05, 0) is 40.6 Å². The molecule has 1 atom stereocenters. The molecule has 0 saturated carbocycles. The quantitative estimate of drug-likeness (QED) is 0.562. The molecule has 1 aromatic rings. The summed E-state index contributed by atoms with van der Waals surface area (Å²) in [5.41, 5.74) is 0.105. The third-order valence-corrected chi connectivity index (χ3v) is 3.50. The minimum Gasteiger partial charge on any atom is -0.544 e. The molecule has 0 saturated heterocycles. The number of alkyl halides is 2. The first-order valence-electron chi connectivity index (χ1n) is 5.72. The second kappa shape index (κ2) is 6.47. The van der Waals surface area contributed by atoms with Crippen molar-refractivity contribution in [2.24, 2.45) is 5.92 Å². The van der Waals surface area contributed by atoms with Crippen LogP contribution in [0.4, 0.5) is 8.78 Å². The molecule has 4 nitrogen and oxygen atoms in total. The van der Waals surface area contributed by atoms with Crippen LogP contribution in [-0.4, -0.2) is 24.0 Å². The molecule has 1 unspecified atom stereocenters. The second-order valence-corrected chi connectivity index (χ2v) is 5.62. The molecule has 0 bridgehead atoms. The fourth-order valence-corrected chi connectivity index (χ4v) is 2.16. The molecule has 0 aliphatic heterocycles. The number of carbonyl (C=O) groups excluding carboxylic acids is 2. The van der Waals surface area contributed by atoms with Gasteiger partial charge in [0.05, 0.1) is 5.56 Å². The van der Waals surface area contributed by atoms with Crippen LogP contribution in [0.15, 0.2) is 24.3 Å². The molecule has 1 rings (SSSR count). The van der Waals surface area contributed by atoms with E-state index in [0.717, 1.165) is 0 Å². The maximum atomic E-state index is 13.5. The molecule has 20 heavy (non-hydrogen) atoms. The number of aliphatic carboxylic acids is 1. The highest BCUT2D eigenvalue weighted by atomic mass is 127. The summed E-state index contributed by atoms with van der Waals surface area (Å²) in [6.45, 7) is 2.68. The Labute approximate surface area is 128 Å². The van der Waals surface area contributed by atoms with Crippen LogP contribution >= 0.6 is 22.6 Å². The van der Waals surface area contributed by atoms with Gasteiger partial charge in [-0.2, -0.15) is 8.78 Å². The fourth-order valence-electron chi connectivity index (χ4n) is 1.55. The topological polar surface area (TPSA) is 66.4 Å². The highest BCUT2D eigenvalue weighted by Crippen LogP contribution is 2.28. The van der Waals surface area contributed by atoms with Gasteiger partial charge in [0.25, 0.3) is 0 Å². The van der Waals surface area contributed by atoms with Crippen LogP contribution in [-0.2, 0) is 9.53 Å². The van der Waals surface area contributed by atoms with Gasteiger partial charge in [-0.3, -0.25) is 0 Å².